The van der Waals surface area contributed by atoms with E-state index >= 15 is 0 Å². The Morgan fingerprint density at radius 2 is 2.00 bits per heavy atom. The standard InChI is InChI=1S/C7H14N4/c8-9-6-10-11-7-4-2-1-3-5-7/h6H,1-5,8H2,(H,9,10). The number of hydrogen-bond acceptors (Lipinski definition) is 3. The Kier molecular flexibility index (Phi) is 3.44. The fourth-order valence-electron chi connectivity index (χ4n) is 1.23. The monoisotopic (exact) mass is 154 g/mol. The Morgan fingerprint density at radius 1 is 1.27 bits per heavy atom. The molecule has 0 aromatic carbocycles. The smallest absolute Gasteiger partial charge is 0.128 e. The molecule has 1 fully saturated rings. The van der Waals surface area contributed by atoms with Crippen molar-refractivity contribution in [2.75, 3.05) is 0 Å². The summed E-state index contributed by atoms with van der Waals surface area (Å²) in [6, 6.07) is 0. The third-order valence-corrected chi connectivity index (χ3v) is 1.79. The zero-order valence-corrected chi connectivity index (χ0v) is 6.58. The molecule has 1 aliphatic carbocycles. The lowest BCUT2D eigenvalue weighted by Gasteiger charge is -2.10. The molecule has 4 nitrogen and oxygen atoms in total. The van der Waals surface area contributed by atoms with E-state index < -0.39 is 0 Å². The van der Waals surface area contributed by atoms with Gasteiger partial charge in [0.1, 0.15) is 6.34 Å². The van der Waals surface area contributed by atoms with Crippen LogP contribution < -0.4 is 11.3 Å². The summed E-state index contributed by atoms with van der Waals surface area (Å²) in [5.74, 6) is 4.88. The van der Waals surface area contributed by atoms with E-state index in [-0.39, 0.29) is 0 Å². The van der Waals surface area contributed by atoms with Crippen LogP contribution in [0.15, 0.2) is 10.2 Å². The lowest BCUT2D eigenvalue weighted by molar-refractivity contribution is 0.661. The molecule has 0 aliphatic heterocycles. The second kappa shape index (κ2) is 4.71. The normalized spacial score (nSPS) is 18.7. The second-order valence-corrected chi connectivity index (χ2v) is 2.65. The summed E-state index contributed by atoms with van der Waals surface area (Å²) in [5.41, 5.74) is 3.91. The highest BCUT2D eigenvalue weighted by Gasteiger charge is 2.05. The summed E-state index contributed by atoms with van der Waals surface area (Å²) in [7, 11) is 0. The summed E-state index contributed by atoms with van der Waals surface area (Å²) in [4.78, 5) is 0. The first-order chi connectivity index (χ1) is 5.43. The summed E-state index contributed by atoms with van der Waals surface area (Å²) in [6.07, 6.45) is 7.49. The topological polar surface area (TPSA) is 62.8 Å². The van der Waals surface area contributed by atoms with E-state index in [2.05, 4.69) is 15.6 Å². The van der Waals surface area contributed by atoms with Gasteiger partial charge in [-0.05, 0) is 25.7 Å². The van der Waals surface area contributed by atoms with E-state index in [0.29, 0.717) is 0 Å². The second-order valence-electron chi connectivity index (χ2n) is 2.65. The molecule has 11 heavy (non-hydrogen) atoms. The van der Waals surface area contributed by atoms with Gasteiger partial charge in [-0.2, -0.15) is 10.2 Å². The van der Waals surface area contributed by atoms with Crippen molar-refractivity contribution in [3.63, 3.8) is 0 Å². The highest BCUT2D eigenvalue weighted by atomic mass is 15.3. The van der Waals surface area contributed by atoms with E-state index in [9.17, 15) is 0 Å². The molecule has 0 radical (unpaired) electrons. The maximum Gasteiger partial charge on any atom is 0.128 e. The van der Waals surface area contributed by atoms with E-state index in [1.54, 1.807) is 0 Å². The molecule has 3 N–H and O–H groups in total. The van der Waals surface area contributed by atoms with Crippen molar-refractivity contribution >= 4 is 12.1 Å². The minimum atomic E-state index is 1.12. The molecule has 1 rings (SSSR count). The molecule has 0 bridgehead atoms. The molecule has 0 unspecified atom stereocenters. The largest absolute Gasteiger partial charge is 0.322 e. The number of nitrogens with zero attached hydrogens (tertiary/aromatic N) is 2. The maximum atomic E-state index is 4.88. The molecule has 0 amide bonds. The minimum Gasteiger partial charge on any atom is -0.322 e. The highest BCUT2D eigenvalue weighted by molar-refractivity contribution is 5.85. The summed E-state index contributed by atoms with van der Waals surface area (Å²) >= 11 is 0. The number of rotatable bonds is 2. The molecule has 4 heteroatoms. The first-order valence-electron chi connectivity index (χ1n) is 3.96. The third-order valence-electron chi connectivity index (χ3n) is 1.79. The predicted octanol–water partition coefficient (Wildman–Crippen LogP) is 0.798. The van der Waals surface area contributed by atoms with Crippen LogP contribution in [0, 0.1) is 0 Å². The predicted molar refractivity (Wildman–Crippen MR) is 46.3 cm³/mol. The third kappa shape index (κ3) is 3.02. The molecule has 0 heterocycles. The molecule has 0 atom stereocenters. The zero-order valence-electron chi connectivity index (χ0n) is 6.58. The van der Waals surface area contributed by atoms with Gasteiger partial charge in [0.25, 0.3) is 0 Å². The van der Waals surface area contributed by atoms with Gasteiger partial charge < -0.3 is 5.84 Å². The van der Waals surface area contributed by atoms with Crippen molar-refractivity contribution in [2.45, 2.75) is 32.1 Å². The Hall–Kier alpha value is -1.06. The van der Waals surface area contributed by atoms with Crippen molar-refractivity contribution in [3.05, 3.63) is 0 Å². The van der Waals surface area contributed by atoms with Crippen molar-refractivity contribution in [2.24, 2.45) is 16.0 Å². The Labute approximate surface area is 66.5 Å². The van der Waals surface area contributed by atoms with Crippen LogP contribution in [0.25, 0.3) is 0 Å². The molecule has 1 aliphatic rings. The number of nitrogens with two attached hydrogens (primary N) is 1. The van der Waals surface area contributed by atoms with Gasteiger partial charge in [-0.1, -0.05) is 6.42 Å². The van der Waals surface area contributed by atoms with Gasteiger partial charge in [0.2, 0.25) is 0 Å². The van der Waals surface area contributed by atoms with Gasteiger partial charge in [-0.25, -0.2) is 0 Å². The Balaban J connectivity index is 2.26. The molecular formula is C7H14N4. The van der Waals surface area contributed by atoms with E-state index in [0.717, 1.165) is 12.8 Å². The lowest BCUT2D eigenvalue weighted by atomic mass is 9.99. The molecule has 0 aromatic heterocycles. The molecule has 0 spiro atoms. The van der Waals surface area contributed by atoms with Crippen LogP contribution in [0.3, 0.4) is 0 Å². The Morgan fingerprint density at radius 3 is 2.64 bits per heavy atom. The van der Waals surface area contributed by atoms with Gasteiger partial charge in [0, 0.05) is 5.71 Å². The molecule has 1 saturated carbocycles. The van der Waals surface area contributed by atoms with Gasteiger partial charge >= 0.3 is 0 Å². The minimum absolute atomic E-state index is 1.12. The number of hydrazone groups is 2. The van der Waals surface area contributed by atoms with E-state index in [1.165, 1.54) is 31.3 Å². The van der Waals surface area contributed by atoms with Crippen molar-refractivity contribution < 1.29 is 0 Å². The van der Waals surface area contributed by atoms with Crippen LogP contribution in [0.1, 0.15) is 32.1 Å². The van der Waals surface area contributed by atoms with E-state index in [4.69, 9.17) is 5.84 Å². The fourth-order valence-corrected chi connectivity index (χ4v) is 1.23. The first kappa shape index (κ1) is 8.04. The highest BCUT2D eigenvalue weighted by Crippen LogP contribution is 2.13. The molecule has 0 aromatic rings. The molecular weight excluding hydrogens is 140 g/mol. The van der Waals surface area contributed by atoms with Gasteiger partial charge in [0.05, 0.1) is 0 Å². The first-order valence-corrected chi connectivity index (χ1v) is 3.96. The van der Waals surface area contributed by atoms with Crippen LogP contribution in [0.4, 0.5) is 0 Å². The maximum absolute atomic E-state index is 4.88. The van der Waals surface area contributed by atoms with Crippen LogP contribution >= 0.6 is 0 Å². The van der Waals surface area contributed by atoms with Crippen LogP contribution in [0.2, 0.25) is 0 Å². The van der Waals surface area contributed by atoms with Crippen LogP contribution in [-0.2, 0) is 0 Å². The van der Waals surface area contributed by atoms with E-state index in [1.807, 2.05) is 0 Å². The number of hydrogen-bond donors (Lipinski definition) is 2. The fraction of sp³-hybridized carbons (Fsp3) is 0.714. The molecule has 0 saturated heterocycles. The van der Waals surface area contributed by atoms with Crippen molar-refractivity contribution in [3.8, 4) is 0 Å². The summed E-state index contributed by atoms with van der Waals surface area (Å²) in [6.45, 7) is 0. The number of nitrogens with one attached hydrogen (secondary N) is 1. The summed E-state index contributed by atoms with van der Waals surface area (Å²) < 4.78 is 0. The van der Waals surface area contributed by atoms with Gasteiger partial charge in [-0.3, -0.25) is 5.43 Å². The average molecular weight is 154 g/mol. The average Bonchev–Trinajstić information content (AvgIpc) is 2.07. The molecule has 62 valence electrons. The Bertz CT molecular complexity index is 154. The van der Waals surface area contributed by atoms with Crippen molar-refractivity contribution in [1.82, 2.24) is 5.43 Å². The SMILES string of the molecule is NN=CNN=C1CCCCC1. The quantitative estimate of drug-likeness (QED) is 0.267. The van der Waals surface area contributed by atoms with Gasteiger partial charge in [0.15, 0.2) is 0 Å². The zero-order chi connectivity index (χ0) is 7.94. The van der Waals surface area contributed by atoms with Crippen LogP contribution in [0.5, 0.6) is 0 Å². The summed E-state index contributed by atoms with van der Waals surface area (Å²) in [5, 5.41) is 7.39. The lowest BCUT2D eigenvalue weighted by Crippen LogP contribution is -2.12. The van der Waals surface area contributed by atoms with Crippen LogP contribution in [-0.4, -0.2) is 12.1 Å². The van der Waals surface area contributed by atoms with Gasteiger partial charge in [-0.15, -0.1) is 0 Å². The van der Waals surface area contributed by atoms with Crippen molar-refractivity contribution in [1.29, 1.82) is 0 Å².